The first-order valence-corrected chi connectivity index (χ1v) is 8.21. The summed E-state index contributed by atoms with van der Waals surface area (Å²) in [5.74, 6) is -0.226. The second kappa shape index (κ2) is 6.06. The average molecular weight is 302 g/mol. The molecule has 0 unspecified atom stereocenters. The van der Waals surface area contributed by atoms with Crippen molar-refractivity contribution >= 4 is 17.4 Å². The fraction of sp³-hybridized carbons (Fsp3) is 0.353. The molecule has 0 saturated heterocycles. The third-order valence-corrected chi connectivity index (χ3v) is 5.30. The Morgan fingerprint density at radius 1 is 1.19 bits per heavy atom. The van der Waals surface area contributed by atoms with Crippen LogP contribution in [0.4, 0.5) is 10.1 Å². The molecule has 1 saturated carbocycles. The summed E-state index contributed by atoms with van der Waals surface area (Å²) in [7, 11) is 0. The van der Waals surface area contributed by atoms with Gasteiger partial charge in [-0.25, -0.2) is 9.37 Å². The Labute approximate surface area is 129 Å². The molecule has 0 spiro atoms. The highest BCUT2D eigenvalue weighted by Gasteiger charge is 2.19. The molecule has 0 atom stereocenters. The van der Waals surface area contributed by atoms with Crippen LogP contribution in [0.3, 0.4) is 0 Å². The van der Waals surface area contributed by atoms with E-state index >= 15 is 0 Å². The summed E-state index contributed by atoms with van der Waals surface area (Å²) in [5, 5.41) is 0.646. The topological polar surface area (TPSA) is 38.9 Å². The molecular formula is C17H19FN2S. The first-order chi connectivity index (χ1) is 10.1. The Morgan fingerprint density at radius 2 is 1.86 bits per heavy atom. The zero-order valence-electron chi connectivity index (χ0n) is 12.1. The third-order valence-electron chi connectivity index (χ3n) is 3.93. The van der Waals surface area contributed by atoms with E-state index in [1.54, 1.807) is 12.1 Å². The number of aromatic nitrogens is 1. The number of rotatable bonds is 3. The van der Waals surface area contributed by atoms with Crippen molar-refractivity contribution in [2.24, 2.45) is 0 Å². The molecule has 0 radical (unpaired) electrons. The van der Waals surface area contributed by atoms with Crippen LogP contribution in [0.2, 0.25) is 0 Å². The molecule has 21 heavy (non-hydrogen) atoms. The number of hydrogen-bond donors (Lipinski definition) is 1. The van der Waals surface area contributed by atoms with Crippen LogP contribution in [-0.4, -0.2) is 10.2 Å². The minimum atomic E-state index is -0.226. The van der Waals surface area contributed by atoms with Gasteiger partial charge in [0.1, 0.15) is 5.82 Å². The van der Waals surface area contributed by atoms with Crippen LogP contribution in [-0.2, 0) is 0 Å². The lowest BCUT2D eigenvalue weighted by atomic mass is 10.1. The van der Waals surface area contributed by atoms with Crippen LogP contribution >= 0.6 is 11.8 Å². The van der Waals surface area contributed by atoms with E-state index in [4.69, 9.17) is 5.73 Å². The largest absolute Gasteiger partial charge is 0.397 e. The highest BCUT2D eigenvalue weighted by Crippen LogP contribution is 2.40. The zero-order valence-corrected chi connectivity index (χ0v) is 12.9. The lowest BCUT2D eigenvalue weighted by molar-refractivity contribution is 0.628. The fourth-order valence-corrected chi connectivity index (χ4v) is 4.09. The van der Waals surface area contributed by atoms with Crippen molar-refractivity contribution in [2.45, 2.75) is 42.8 Å². The second-order valence-corrected chi connectivity index (χ2v) is 6.88. The number of nitrogens with zero attached hydrogens (tertiary/aromatic N) is 1. The summed E-state index contributed by atoms with van der Waals surface area (Å²) in [6.07, 6.45) is 5.11. The molecule has 4 heteroatoms. The van der Waals surface area contributed by atoms with Gasteiger partial charge in [0.25, 0.3) is 0 Å². The van der Waals surface area contributed by atoms with Crippen molar-refractivity contribution in [1.29, 1.82) is 0 Å². The monoisotopic (exact) mass is 302 g/mol. The summed E-state index contributed by atoms with van der Waals surface area (Å²) in [5.41, 5.74) is 9.44. The van der Waals surface area contributed by atoms with Crippen molar-refractivity contribution in [3.8, 4) is 11.3 Å². The number of hydrogen-bond acceptors (Lipinski definition) is 3. The van der Waals surface area contributed by atoms with E-state index in [1.165, 1.54) is 37.8 Å². The van der Waals surface area contributed by atoms with Gasteiger partial charge < -0.3 is 5.73 Å². The summed E-state index contributed by atoms with van der Waals surface area (Å²) < 4.78 is 13.1. The summed E-state index contributed by atoms with van der Waals surface area (Å²) in [4.78, 5) is 5.75. The number of nitrogens with two attached hydrogens (primary N) is 1. The van der Waals surface area contributed by atoms with Gasteiger partial charge in [-0.3, -0.25) is 0 Å². The first kappa shape index (κ1) is 14.4. The molecule has 110 valence electrons. The van der Waals surface area contributed by atoms with Crippen molar-refractivity contribution in [2.75, 3.05) is 5.73 Å². The van der Waals surface area contributed by atoms with Gasteiger partial charge in [-0.2, -0.15) is 0 Å². The quantitative estimate of drug-likeness (QED) is 0.884. The molecule has 2 N–H and O–H groups in total. The molecule has 0 aliphatic heterocycles. The van der Waals surface area contributed by atoms with Gasteiger partial charge in [0, 0.05) is 15.7 Å². The van der Waals surface area contributed by atoms with E-state index in [1.807, 2.05) is 24.8 Å². The summed E-state index contributed by atoms with van der Waals surface area (Å²) in [6, 6.07) is 8.54. The molecule has 2 aromatic rings. The lowest BCUT2D eigenvalue weighted by Gasteiger charge is -2.15. The van der Waals surface area contributed by atoms with Gasteiger partial charge in [0.2, 0.25) is 0 Å². The molecule has 1 aliphatic rings. The number of halogens is 1. The molecule has 2 nitrogen and oxygen atoms in total. The number of thioether (sulfide) groups is 1. The molecule has 0 bridgehead atoms. The fourth-order valence-electron chi connectivity index (χ4n) is 2.69. The van der Waals surface area contributed by atoms with Crippen molar-refractivity contribution in [3.63, 3.8) is 0 Å². The van der Waals surface area contributed by atoms with Gasteiger partial charge >= 0.3 is 0 Å². The second-order valence-electron chi connectivity index (χ2n) is 5.54. The van der Waals surface area contributed by atoms with E-state index in [2.05, 4.69) is 4.98 Å². The van der Waals surface area contributed by atoms with Crippen LogP contribution in [0.25, 0.3) is 11.3 Å². The molecule has 3 rings (SSSR count). The minimum Gasteiger partial charge on any atom is -0.397 e. The Bertz CT molecular complexity index is 634. The summed E-state index contributed by atoms with van der Waals surface area (Å²) >= 11 is 1.86. The van der Waals surface area contributed by atoms with Gasteiger partial charge in [-0.05, 0) is 50.1 Å². The maximum absolute atomic E-state index is 13.1. The number of pyridine rings is 1. The van der Waals surface area contributed by atoms with Crippen LogP contribution in [0.5, 0.6) is 0 Å². The number of benzene rings is 1. The van der Waals surface area contributed by atoms with Gasteiger partial charge in [0.15, 0.2) is 0 Å². The molecule has 1 heterocycles. The highest BCUT2D eigenvalue weighted by atomic mass is 32.2. The van der Waals surface area contributed by atoms with E-state index in [0.29, 0.717) is 5.25 Å². The normalized spacial score (nSPS) is 15.5. The molecule has 0 amide bonds. The van der Waals surface area contributed by atoms with Crippen molar-refractivity contribution in [3.05, 3.63) is 41.8 Å². The van der Waals surface area contributed by atoms with Crippen molar-refractivity contribution in [1.82, 2.24) is 4.98 Å². The maximum atomic E-state index is 13.1. The molecular weight excluding hydrogens is 283 g/mol. The standard InChI is InChI=1S/C17H19FN2S/c1-11-15(19)10-16(21-14-4-2-3-5-14)17(20-11)12-6-8-13(18)9-7-12/h6-10,14H,2-5,19H2,1H3. The predicted octanol–water partition coefficient (Wildman–Crippen LogP) is 4.81. The number of aryl methyl sites for hydroxylation is 1. The molecule has 1 aromatic heterocycles. The highest BCUT2D eigenvalue weighted by molar-refractivity contribution is 8.00. The first-order valence-electron chi connectivity index (χ1n) is 7.33. The van der Waals surface area contributed by atoms with Crippen molar-refractivity contribution < 1.29 is 4.39 Å². The zero-order chi connectivity index (χ0) is 14.8. The van der Waals surface area contributed by atoms with Gasteiger partial charge in [-0.1, -0.05) is 12.8 Å². The molecule has 1 aliphatic carbocycles. The average Bonchev–Trinajstić information content (AvgIpc) is 2.97. The number of nitrogen functional groups attached to an aromatic ring is 1. The van der Waals surface area contributed by atoms with Crippen LogP contribution in [0.15, 0.2) is 35.2 Å². The third kappa shape index (κ3) is 3.21. The van der Waals surface area contributed by atoms with Gasteiger partial charge in [0.05, 0.1) is 17.1 Å². The SMILES string of the molecule is Cc1nc(-c2ccc(F)cc2)c(SC2CCCC2)cc1N. The van der Waals surface area contributed by atoms with E-state index in [0.717, 1.165) is 27.5 Å². The Hall–Kier alpha value is -1.55. The van der Waals surface area contributed by atoms with E-state index in [9.17, 15) is 4.39 Å². The maximum Gasteiger partial charge on any atom is 0.123 e. The Kier molecular flexibility index (Phi) is 4.15. The smallest absolute Gasteiger partial charge is 0.123 e. The van der Waals surface area contributed by atoms with Crippen LogP contribution in [0, 0.1) is 12.7 Å². The van der Waals surface area contributed by atoms with Crippen LogP contribution < -0.4 is 5.73 Å². The Balaban J connectivity index is 2.00. The number of anilines is 1. The van der Waals surface area contributed by atoms with Crippen LogP contribution in [0.1, 0.15) is 31.4 Å². The lowest BCUT2D eigenvalue weighted by Crippen LogP contribution is -2.00. The Morgan fingerprint density at radius 3 is 2.52 bits per heavy atom. The minimum absolute atomic E-state index is 0.226. The molecule has 1 fully saturated rings. The van der Waals surface area contributed by atoms with E-state index < -0.39 is 0 Å². The molecule has 1 aromatic carbocycles. The van der Waals surface area contributed by atoms with E-state index in [-0.39, 0.29) is 5.82 Å². The summed E-state index contributed by atoms with van der Waals surface area (Å²) in [6.45, 7) is 1.91. The predicted molar refractivity (Wildman–Crippen MR) is 86.9 cm³/mol. The van der Waals surface area contributed by atoms with Gasteiger partial charge in [-0.15, -0.1) is 11.8 Å².